The van der Waals surface area contributed by atoms with E-state index in [2.05, 4.69) is 20.9 Å². The smallest absolute Gasteiger partial charge is 0.338 e. The third-order valence-electron chi connectivity index (χ3n) is 5.20. The highest BCUT2D eigenvalue weighted by atomic mass is 79.9. The molecule has 0 N–H and O–H groups in total. The van der Waals surface area contributed by atoms with Crippen molar-refractivity contribution in [3.05, 3.63) is 79.9 Å². The molecule has 0 radical (unpaired) electrons. The Morgan fingerprint density at radius 2 is 2.00 bits per heavy atom. The lowest BCUT2D eigenvalue weighted by atomic mass is 9.94. The van der Waals surface area contributed by atoms with Gasteiger partial charge in [0.15, 0.2) is 16.7 Å². The van der Waals surface area contributed by atoms with Gasteiger partial charge in [-0.3, -0.25) is 0 Å². The zero-order chi connectivity index (χ0) is 23.5. The standard InChI is InChI=1S/C24H22BrClN2O4S/c1-4-31-23(29)21-14(2)27-24-28(9-10-33-24)22(21)17-11-19(30-3)20(12-18(17)25)32-13-15-5-7-16(26)8-6-15/h5-12,22H,4,13H2,1-3H3/t22-/m1/s1. The number of fused-ring (bicyclic) bond motifs is 1. The average molecular weight is 550 g/mol. The van der Waals surface area contributed by atoms with Gasteiger partial charge in [0.25, 0.3) is 0 Å². The number of esters is 1. The lowest BCUT2D eigenvalue weighted by molar-refractivity contribution is -0.139. The van der Waals surface area contributed by atoms with Crippen LogP contribution < -0.4 is 9.47 Å². The molecule has 33 heavy (non-hydrogen) atoms. The Labute approximate surface area is 210 Å². The maximum Gasteiger partial charge on any atom is 0.338 e. The van der Waals surface area contributed by atoms with Crippen LogP contribution in [0.4, 0.5) is 0 Å². The van der Waals surface area contributed by atoms with Gasteiger partial charge in [-0.15, -0.1) is 0 Å². The van der Waals surface area contributed by atoms with Crippen LogP contribution in [0.2, 0.25) is 5.02 Å². The quantitative estimate of drug-likeness (QED) is 0.370. The normalized spacial score (nSPS) is 17.1. The fourth-order valence-corrected chi connectivity index (χ4v) is 5.11. The number of methoxy groups -OCH3 is 1. The molecular weight excluding hydrogens is 528 g/mol. The summed E-state index contributed by atoms with van der Waals surface area (Å²) < 4.78 is 17.8. The monoisotopic (exact) mass is 548 g/mol. The van der Waals surface area contributed by atoms with Gasteiger partial charge in [-0.25, -0.2) is 9.79 Å². The molecule has 4 rings (SSSR count). The second-order valence-corrected chi connectivity index (χ2v) is 9.43. The molecule has 172 valence electrons. The Morgan fingerprint density at radius 1 is 1.24 bits per heavy atom. The Hall–Kier alpha value is -2.42. The van der Waals surface area contributed by atoms with E-state index in [-0.39, 0.29) is 12.6 Å². The number of amidine groups is 1. The molecule has 2 aliphatic rings. The van der Waals surface area contributed by atoms with Gasteiger partial charge in [0.05, 0.1) is 31.0 Å². The van der Waals surface area contributed by atoms with E-state index in [9.17, 15) is 4.79 Å². The number of aliphatic imine (C=N–C) groups is 1. The molecule has 9 heteroatoms. The number of carbonyl (C=O) groups is 1. The van der Waals surface area contributed by atoms with Crippen LogP contribution in [0.1, 0.15) is 31.0 Å². The lowest BCUT2D eigenvalue weighted by Crippen LogP contribution is -2.34. The van der Waals surface area contributed by atoms with Crippen LogP contribution in [0.25, 0.3) is 0 Å². The fourth-order valence-electron chi connectivity index (χ4n) is 3.65. The molecule has 0 unspecified atom stereocenters. The van der Waals surface area contributed by atoms with E-state index in [1.807, 2.05) is 59.8 Å². The summed E-state index contributed by atoms with van der Waals surface area (Å²) >= 11 is 11.2. The minimum absolute atomic E-state index is 0.283. The largest absolute Gasteiger partial charge is 0.493 e. The van der Waals surface area contributed by atoms with Crippen molar-refractivity contribution in [1.29, 1.82) is 0 Å². The Kier molecular flexibility index (Phi) is 7.36. The highest BCUT2D eigenvalue weighted by Crippen LogP contribution is 2.46. The lowest BCUT2D eigenvalue weighted by Gasteiger charge is -2.34. The second-order valence-electron chi connectivity index (χ2n) is 7.27. The van der Waals surface area contributed by atoms with Gasteiger partial charge in [-0.1, -0.05) is 51.4 Å². The van der Waals surface area contributed by atoms with Gasteiger partial charge in [0.1, 0.15) is 6.61 Å². The van der Waals surface area contributed by atoms with E-state index in [1.54, 1.807) is 14.0 Å². The van der Waals surface area contributed by atoms with Crippen molar-refractivity contribution in [2.75, 3.05) is 13.7 Å². The van der Waals surface area contributed by atoms with Crippen molar-refractivity contribution in [2.45, 2.75) is 26.5 Å². The van der Waals surface area contributed by atoms with Crippen molar-refractivity contribution in [1.82, 2.24) is 4.90 Å². The Balaban J connectivity index is 1.71. The second kappa shape index (κ2) is 10.2. The van der Waals surface area contributed by atoms with E-state index in [0.29, 0.717) is 34.4 Å². The van der Waals surface area contributed by atoms with E-state index in [0.717, 1.165) is 20.8 Å². The number of ether oxygens (including phenoxy) is 3. The third-order valence-corrected chi connectivity index (χ3v) is 6.91. The van der Waals surface area contributed by atoms with Crippen molar-refractivity contribution < 1.29 is 19.0 Å². The van der Waals surface area contributed by atoms with Crippen LogP contribution in [0.3, 0.4) is 0 Å². The Bertz CT molecular complexity index is 1160. The minimum Gasteiger partial charge on any atom is -0.493 e. The fraction of sp³-hybridized carbons (Fsp3) is 0.250. The number of rotatable bonds is 7. The predicted octanol–water partition coefficient (Wildman–Crippen LogP) is 6.46. The van der Waals surface area contributed by atoms with Crippen LogP contribution in [-0.4, -0.2) is 29.8 Å². The van der Waals surface area contributed by atoms with E-state index in [1.165, 1.54) is 11.8 Å². The van der Waals surface area contributed by atoms with Gasteiger partial charge >= 0.3 is 5.97 Å². The molecule has 6 nitrogen and oxygen atoms in total. The number of benzene rings is 2. The summed E-state index contributed by atoms with van der Waals surface area (Å²) in [4.78, 5) is 19.5. The number of carbonyl (C=O) groups excluding carboxylic acids is 1. The first-order valence-corrected chi connectivity index (χ1v) is 12.3. The molecule has 2 aromatic carbocycles. The highest BCUT2D eigenvalue weighted by Gasteiger charge is 2.38. The molecule has 0 spiro atoms. The first kappa shape index (κ1) is 23.7. The molecular formula is C24H22BrClN2O4S. The zero-order valence-corrected chi connectivity index (χ0v) is 21.5. The highest BCUT2D eigenvalue weighted by molar-refractivity contribution is 9.10. The van der Waals surface area contributed by atoms with Crippen LogP contribution in [0, 0.1) is 0 Å². The van der Waals surface area contributed by atoms with Crippen LogP contribution in [-0.2, 0) is 16.1 Å². The first-order valence-electron chi connectivity index (χ1n) is 10.3. The summed E-state index contributed by atoms with van der Waals surface area (Å²) in [5, 5.41) is 3.43. The van der Waals surface area contributed by atoms with Gasteiger partial charge in [-0.05, 0) is 54.6 Å². The number of halogens is 2. The van der Waals surface area contributed by atoms with Crippen LogP contribution in [0.15, 0.2) is 68.7 Å². The molecule has 1 atom stereocenters. The van der Waals surface area contributed by atoms with Crippen LogP contribution in [0.5, 0.6) is 11.5 Å². The average Bonchev–Trinajstić information content (AvgIpc) is 3.26. The van der Waals surface area contributed by atoms with Crippen LogP contribution >= 0.6 is 39.3 Å². The molecule has 2 heterocycles. The summed E-state index contributed by atoms with van der Waals surface area (Å²) in [5.74, 6) is 0.752. The summed E-state index contributed by atoms with van der Waals surface area (Å²) in [7, 11) is 1.59. The number of hydrogen-bond donors (Lipinski definition) is 0. The molecule has 0 saturated carbocycles. The van der Waals surface area contributed by atoms with E-state index in [4.69, 9.17) is 25.8 Å². The molecule has 0 saturated heterocycles. The maximum absolute atomic E-state index is 12.9. The van der Waals surface area contributed by atoms with Crippen molar-refractivity contribution in [3.8, 4) is 11.5 Å². The number of hydrogen-bond acceptors (Lipinski definition) is 7. The SMILES string of the molecule is CCOC(=O)C1=C(C)N=C2SC=CN2[C@@H]1c1cc(OC)c(OCc2ccc(Cl)cc2)cc1Br. The Morgan fingerprint density at radius 3 is 2.70 bits per heavy atom. The molecule has 2 aromatic rings. The maximum atomic E-state index is 12.9. The predicted molar refractivity (Wildman–Crippen MR) is 135 cm³/mol. The number of nitrogens with zero attached hydrogens (tertiary/aromatic N) is 2. The van der Waals surface area contributed by atoms with Crippen molar-refractivity contribution in [2.24, 2.45) is 4.99 Å². The van der Waals surface area contributed by atoms with Gasteiger partial charge in [-0.2, -0.15) is 0 Å². The molecule has 0 aromatic heterocycles. The minimum atomic E-state index is -0.420. The van der Waals surface area contributed by atoms with Crippen molar-refractivity contribution >= 4 is 50.4 Å². The molecule has 0 bridgehead atoms. The summed E-state index contributed by atoms with van der Waals surface area (Å²) in [6, 6.07) is 10.8. The summed E-state index contributed by atoms with van der Waals surface area (Å²) in [6.07, 6.45) is 1.92. The number of thioether (sulfide) groups is 1. The molecule has 0 fully saturated rings. The third kappa shape index (κ3) is 4.93. The summed E-state index contributed by atoms with van der Waals surface area (Å²) in [5.41, 5.74) is 2.95. The molecule has 2 aliphatic heterocycles. The first-order chi connectivity index (χ1) is 15.9. The van der Waals surface area contributed by atoms with Gasteiger partial charge in [0, 0.05) is 15.7 Å². The van der Waals surface area contributed by atoms with Crippen molar-refractivity contribution in [3.63, 3.8) is 0 Å². The van der Waals surface area contributed by atoms with E-state index < -0.39 is 6.04 Å². The van der Waals surface area contributed by atoms with E-state index >= 15 is 0 Å². The molecule has 0 amide bonds. The number of allylic oxidation sites excluding steroid dienone is 1. The topological polar surface area (TPSA) is 60.4 Å². The summed E-state index contributed by atoms with van der Waals surface area (Å²) in [6.45, 7) is 4.26. The van der Waals surface area contributed by atoms with Gasteiger partial charge in [0.2, 0.25) is 0 Å². The van der Waals surface area contributed by atoms with Gasteiger partial charge < -0.3 is 19.1 Å². The molecule has 0 aliphatic carbocycles. The zero-order valence-electron chi connectivity index (χ0n) is 18.3.